The molecule has 6 nitrogen and oxygen atoms in total. The van der Waals surface area contributed by atoms with Gasteiger partial charge in [0, 0.05) is 26.1 Å². The van der Waals surface area contributed by atoms with Crippen molar-refractivity contribution in [3.63, 3.8) is 0 Å². The molecule has 0 radical (unpaired) electrons. The number of fused-ring (bicyclic) bond motifs is 1. The molecule has 2 aromatic rings. The Hall–Kier alpha value is -1.92. The molecule has 0 aliphatic carbocycles. The van der Waals surface area contributed by atoms with Crippen molar-refractivity contribution < 1.29 is 9.53 Å². The van der Waals surface area contributed by atoms with Gasteiger partial charge in [0.25, 0.3) is 0 Å². The molecular formula is C19H26N4O2. The molecule has 3 heterocycles. The molecule has 0 bridgehead atoms. The number of nitrogens with zero attached hydrogens (tertiary/aromatic N) is 4. The first-order valence-corrected chi connectivity index (χ1v) is 9.21. The van der Waals surface area contributed by atoms with Crippen LogP contribution in [0.1, 0.15) is 18.7 Å². The summed E-state index contributed by atoms with van der Waals surface area (Å²) in [6.07, 6.45) is 1.89. The van der Waals surface area contributed by atoms with Crippen LogP contribution < -0.4 is 0 Å². The van der Waals surface area contributed by atoms with Crippen LogP contribution in [0.2, 0.25) is 0 Å². The van der Waals surface area contributed by atoms with Gasteiger partial charge in [-0.2, -0.15) is 0 Å². The highest BCUT2D eigenvalue weighted by atomic mass is 16.5. The van der Waals surface area contributed by atoms with E-state index in [2.05, 4.69) is 34.7 Å². The third kappa shape index (κ3) is 3.41. The number of morpholine rings is 1. The molecule has 2 saturated heterocycles. The molecule has 25 heavy (non-hydrogen) atoms. The van der Waals surface area contributed by atoms with Crippen LogP contribution in [0.15, 0.2) is 24.3 Å². The van der Waals surface area contributed by atoms with E-state index in [1.807, 2.05) is 11.0 Å². The topological polar surface area (TPSA) is 50.6 Å². The van der Waals surface area contributed by atoms with Crippen molar-refractivity contribution >= 4 is 16.9 Å². The second-order valence-corrected chi connectivity index (χ2v) is 7.06. The second kappa shape index (κ2) is 7.14. The number of amides is 1. The Morgan fingerprint density at radius 2 is 1.88 bits per heavy atom. The lowest BCUT2D eigenvalue weighted by Crippen LogP contribution is -2.46. The molecule has 1 aromatic heterocycles. The highest BCUT2D eigenvalue weighted by Crippen LogP contribution is 2.22. The predicted octanol–water partition coefficient (Wildman–Crippen LogP) is 1.64. The Bertz CT molecular complexity index is 743. The molecule has 1 aromatic carbocycles. The number of hydrogen-bond acceptors (Lipinski definition) is 4. The Labute approximate surface area is 148 Å². The van der Waals surface area contributed by atoms with Gasteiger partial charge in [-0.1, -0.05) is 12.1 Å². The fraction of sp³-hybridized carbons (Fsp3) is 0.579. The smallest absolute Gasteiger partial charge is 0.225 e. The van der Waals surface area contributed by atoms with Crippen molar-refractivity contribution in [3.05, 3.63) is 30.1 Å². The first kappa shape index (κ1) is 16.5. The molecule has 2 fully saturated rings. The summed E-state index contributed by atoms with van der Waals surface area (Å²) in [5, 5.41) is 0. The van der Waals surface area contributed by atoms with Gasteiger partial charge in [-0.05, 0) is 38.1 Å². The van der Waals surface area contributed by atoms with E-state index in [9.17, 15) is 4.79 Å². The number of hydrogen-bond donors (Lipinski definition) is 0. The van der Waals surface area contributed by atoms with Crippen LogP contribution in [0.3, 0.4) is 0 Å². The zero-order valence-electron chi connectivity index (χ0n) is 14.9. The van der Waals surface area contributed by atoms with Gasteiger partial charge in [0.1, 0.15) is 5.82 Å². The standard InChI is InChI=1S/C19H26N4O2/c1-21-17-5-3-2-4-16(17)20-18(21)14-22-8-6-15(7-9-22)19(24)23-10-12-25-13-11-23/h2-5,15H,6-14H2,1H3. The number of para-hydroxylation sites is 2. The lowest BCUT2D eigenvalue weighted by atomic mass is 9.95. The SMILES string of the molecule is Cn1c(CN2CCC(C(=O)N3CCOCC3)CC2)nc2ccccc21. The summed E-state index contributed by atoms with van der Waals surface area (Å²) in [7, 11) is 2.08. The largest absolute Gasteiger partial charge is 0.378 e. The summed E-state index contributed by atoms with van der Waals surface area (Å²) in [4.78, 5) is 21.8. The molecule has 0 unspecified atom stereocenters. The molecule has 6 heteroatoms. The molecule has 134 valence electrons. The first-order valence-electron chi connectivity index (χ1n) is 9.21. The van der Waals surface area contributed by atoms with Gasteiger partial charge in [0.05, 0.1) is 30.8 Å². The highest BCUT2D eigenvalue weighted by Gasteiger charge is 2.29. The van der Waals surface area contributed by atoms with E-state index < -0.39 is 0 Å². The third-order valence-electron chi connectivity index (χ3n) is 5.50. The number of carbonyl (C=O) groups is 1. The van der Waals surface area contributed by atoms with E-state index in [1.165, 1.54) is 5.52 Å². The summed E-state index contributed by atoms with van der Waals surface area (Å²) in [5.41, 5.74) is 2.23. The molecule has 0 N–H and O–H groups in total. The fourth-order valence-electron chi connectivity index (χ4n) is 3.92. The molecule has 0 atom stereocenters. The van der Waals surface area contributed by atoms with E-state index in [1.54, 1.807) is 0 Å². The Morgan fingerprint density at radius 1 is 1.16 bits per heavy atom. The summed E-state index contributed by atoms with van der Waals surface area (Å²) >= 11 is 0. The quantitative estimate of drug-likeness (QED) is 0.851. The fourth-order valence-corrected chi connectivity index (χ4v) is 3.92. The maximum atomic E-state index is 12.6. The molecule has 2 aliphatic heterocycles. The van der Waals surface area contributed by atoms with Crippen LogP contribution in [-0.2, 0) is 23.1 Å². The number of imidazole rings is 1. The second-order valence-electron chi connectivity index (χ2n) is 7.06. The number of carbonyl (C=O) groups excluding carboxylic acids is 1. The average molecular weight is 342 g/mol. The maximum absolute atomic E-state index is 12.6. The predicted molar refractivity (Wildman–Crippen MR) is 96.1 cm³/mol. The van der Waals surface area contributed by atoms with Crippen LogP contribution in [0, 0.1) is 5.92 Å². The number of benzene rings is 1. The van der Waals surface area contributed by atoms with Gasteiger partial charge >= 0.3 is 0 Å². The van der Waals surface area contributed by atoms with Crippen molar-refractivity contribution in [3.8, 4) is 0 Å². The molecule has 0 saturated carbocycles. The van der Waals surface area contributed by atoms with Gasteiger partial charge < -0.3 is 14.2 Å². The zero-order chi connectivity index (χ0) is 17.2. The minimum absolute atomic E-state index is 0.176. The molecule has 1 amide bonds. The molecule has 2 aliphatic rings. The first-order chi connectivity index (χ1) is 12.2. The third-order valence-corrected chi connectivity index (χ3v) is 5.50. The van der Waals surface area contributed by atoms with Gasteiger partial charge in [0.15, 0.2) is 0 Å². The molecule has 0 spiro atoms. The Kier molecular flexibility index (Phi) is 4.72. The van der Waals surface area contributed by atoms with Crippen molar-refractivity contribution in [1.82, 2.24) is 19.4 Å². The van der Waals surface area contributed by atoms with E-state index in [0.717, 1.165) is 56.9 Å². The van der Waals surface area contributed by atoms with Crippen LogP contribution in [0.5, 0.6) is 0 Å². The number of aryl methyl sites for hydroxylation is 1. The summed E-state index contributed by atoms with van der Waals surface area (Å²) in [6, 6.07) is 8.25. The minimum Gasteiger partial charge on any atom is -0.378 e. The van der Waals surface area contributed by atoms with E-state index in [0.29, 0.717) is 19.1 Å². The summed E-state index contributed by atoms with van der Waals surface area (Å²) < 4.78 is 7.53. The van der Waals surface area contributed by atoms with Crippen molar-refractivity contribution in [2.45, 2.75) is 19.4 Å². The molecule has 4 rings (SSSR count). The zero-order valence-corrected chi connectivity index (χ0v) is 14.9. The minimum atomic E-state index is 0.176. The lowest BCUT2D eigenvalue weighted by Gasteiger charge is -2.35. The van der Waals surface area contributed by atoms with Gasteiger partial charge in [0.2, 0.25) is 5.91 Å². The van der Waals surface area contributed by atoms with Gasteiger partial charge in [-0.15, -0.1) is 0 Å². The van der Waals surface area contributed by atoms with Crippen molar-refractivity contribution in [2.24, 2.45) is 13.0 Å². The number of ether oxygens (including phenoxy) is 1. The molecular weight excluding hydrogens is 316 g/mol. The van der Waals surface area contributed by atoms with Crippen LogP contribution in [-0.4, -0.2) is 64.7 Å². The van der Waals surface area contributed by atoms with Crippen LogP contribution in [0.4, 0.5) is 0 Å². The van der Waals surface area contributed by atoms with Gasteiger partial charge in [-0.25, -0.2) is 4.98 Å². The highest BCUT2D eigenvalue weighted by molar-refractivity contribution is 5.79. The normalized spacial score (nSPS) is 20.3. The maximum Gasteiger partial charge on any atom is 0.225 e. The number of rotatable bonds is 3. The van der Waals surface area contributed by atoms with Crippen molar-refractivity contribution in [1.29, 1.82) is 0 Å². The number of aromatic nitrogens is 2. The van der Waals surface area contributed by atoms with Gasteiger partial charge in [-0.3, -0.25) is 9.69 Å². The van der Waals surface area contributed by atoms with Crippen LogP contribution in [0.25, 0.3) is 11.0 Å². The van der Waals surface area contributed by atoms with Crippen molar-refractivity contribution in [2.75, 3.05) is 39.4 Å². The number of likely N-dealkylation sites (tertiary alicyclic amines) is 1. The summed E-state index contributed by atoms with van der Waals surface area (Å²) in [5.74, 6) is 1.60. The van der Waals surface area contributed by atoms with E-state index >= 15 is 0 Å². The summed E-state index contributed by atoms with van der Waals surface area (Å²) in [6.45, 7) is 5.63. The Morgan fingerprint density at radius 3 is 2.60 bits per heavy atom. The lowest BCUT2D eigenvalue weighted by molar-refractivity contribution is -0.141. The van der Waals surface area contributed by atoms with E-state index in [4.69, 9.17) is 9.72 Å². The van der Waals surface area contributed by atoms with Crippen LogP contribution >= 0.6 is 0 Å². The monoisotopic (exact) mass is 342 g/mol. The van der Waals surface area contributed by atoms with E-state index in [-0.39, 0.29) is 5.92 Å². The Balaban J connectivity index is 1.35. The average Bonchev–Trinajstić information content (AvgIpc) is 2.98. The number of piperidine rings is 1.